The highest BCUT2D eigenvalue weighted by Gasteiger charge is 2.35. The zero-order valence-corrected chi connectivity index (χ0v) is 22.7. The molecule has 5 rings (SSSR count). The number of hydrogen-bond acceptors (Lipinski definition) is 8. The zero-order valence-electron chi connectivity index (χ0n) is 21.9. The number of ether oxygens (including phenoxy) is 2. The Bertz CT molecular complexity index is 1370. The molecule has 0 radical (unpaired) electrons. The van der Waals surface area contributed by atoms with E-state index in [1.807, 2.05) is 24.4 Å². The average Bonchev–Trinajstić information content (AvgIpc) is 3.34. The summed E-state index contributed by atoms with van der Waals surface area (Å²) in [7, 11) is 0. The van der Waals surface area contributed by atoms with Gasteiger partial charge >= 0.3 is 5.97 Å². The summed E-state index contributed by atoms with van der Waals surface area (Å²) in [6.45, 7) is 2.85. The Morgan fingerprint density at radius 1 is 1.13 bits per heavy atom. The summed E-state index contributed by atoms with van der Waals surface area (Å²) >= 11 is 1.43. The summed E-state index contributed by atoms with van der Waals surface area (Å²) in [4.78, 5) is 29.5. The first kappa shape index (κ1) is 27.1. The fourth-order valence-electron chi connectivity index (χ4n) is 5.24. The number of aryl methyl sites for hydroxylation is 1. The van der Waals surface area contributed by atoms with Gasteiger partial charge in [0.15, 0.2) is 5.13 Å². The number of aliphatic hydroxyl groups excluding tert-OH is 1. The number of aromatic nitrogens is 1. The lowest BCUT2D eigenvalue weighted by Crippen LogP contribution is -2.47. The van der Waals surface area contributed by atoms with Gasteiger partial charge in [-0.1, -0.05) is 12.8 Å². The maximum Gasteiger partial charge on any atom is 0.339 e. The molecule has 39 heavy (non-hydrogen) atoms. The van der Waals surface area contributed by atoms with Crippen molar-refractivity contribution in [2.75, 3.05) is 18.5 Å². The van der Waals surface area contributed by atoms with Gasteiger partial charge in [0.1, 0.15) is 22.8 Å². The minimum Gasteiger partial charge on any atom is -0.493 e. The van der Waals surface area contributed by atoms with Gasteiger partial charge < -0.3 is 30.3 Å². The van der Waals surface area contributed by atoms with E-state index in [2.05, 4.69) is 15.6 Å². The second-order valence-electron chi connectivity index (χ2n) is 10.2. The topological polar surface area (TPSA) is 130 Å². The van der Waals surface area contributed by atoms with Crippen molar-refractivity contribution >= 4 is 28.3 Å². The summed E-state index contributed by atoms with van der Waals surface area (Å²) in [5.74, 6) is -0.124. The Morgan fingerprint density at radius 2 is 1.97 bits per heavy atom. The molecule has 4 N–H and O–H groups in total. The molecule has 0 unspecified atom stereocenters. The number of benzene rings is 2. The van der Waals surface area contributed by atoms with Crippen molar-refractivity contribution in [1.82, 2.24) is 10.3 Å². The number of nitrogens with one attached hydrogen (secondary N) is 2. The van der Waals surface area contributed by atoms with Crippen LogP contribution in [0, 0.1) is 0 Å². The number of carbonyl (C=O) groups is 2. The normalized spacial score (nSPS) is 20.1. The first-order valence-corrected chi connectivity index (χ1v) is 14.2. The van der Waals surface area contributed by atoms with Crippen LogP contribution >= 0.6 is 11.3 Å². The van der Waals surface area contributed by atoms with Gasteiger partial charge in [-0.2, -0.15) is 0 Å². The number of anilines is 1. The van der Waals surface area contributed by atoms with Crippen molar-refractivity contribution in [3.8, 4) is 17.2 Å². The van der Waals surface area contributed by atoms with Gasteiger partial charge in [-0.25, -0.2) is 9.78 Å². The Balaban J connectivity index is 1.51. The highest BCUT2D eigenvalue weighted by atomic mass is 32.1. The van der Waals surface area contributed by atoms with E-state index in [1.165, 1.54) is 17.4 Å². The van der Waals surface area contributed by atoms with E-state index in [4.69, 9.17) is 9.47 Å². The summed E-state index contributed by atoms with van der Waals surface area (Å²) in [6.07, 6.45) is 5.45. The molecule has 1 amide bonds. The number of carboxylic acid groups (broad SMARTS) is 1. The lowest BCUT2D eigenvalue weighted by Gasteiger charge is -2.37. The molecule has 2 aromatic carbocycles. The Morgan fingerprint density at radius 3 is 2.79 bits per heavy atom. The van der Waals surface area contributed by atoms with Crippen molar-refractivity contribution in [3.05, 3.63) is 63.7 Å². The van der Waals surface area contributed by atoms with E-state index in [1.54, 1.807) is 12.1 Å². The molecule has 2 aliphatic rings. The van der Waals surface area contributed by atoms with Crippen LogP contribution in [0.3, 0.4) is 0 Å². The second-order valence-corrected chi connectivity index (χ2v) is 11.1. The molecule has 6 bridgehead atoms. The highest BCUT2D eigenvalue weighted by Crippen LogP contribution is 2.39. The maximum absolute atomic E-state index is 13.1. The molecule has 1 aromatic heterocycles. The van der Waals surface area contributed by atoms with Gasteiger partial charge in [-0.15, -0.1) is 11.3 Å². The van der Waals surface area contributed by atoms with E-state index in [0.717, 1.165) is 55.3 Å². The third-order valence-corrected chi connectivity index (χ3v) is 8.08. The number of carboxylic acids is 1. The molecule has 2 aliphatic heterocycles. The molecular formula is C29H33N3O6S. The second kappa shape index (κ2) is 11.7. The Labute approximate surface area is 231 Å². The molecule has 0 fully saturated rings. The van der Waals surface area contributed by atoms with Crippen LogP contribution in [0.5, 0.6) is 17.2 Å². The molecule has 3 aromatic rings. The number of aliphatic hydroxyl groups is 1. The minimum absolute atomic E-state index is 0.0655. The van der Waals surface area contributed by atoms with Crippen molar-refractivity contribution < 1.29 is 29.3 Å². The van der Waals surface area contributed by atoms with Gasteiger partial charge in [0, 0.05) is 35.5 Å². The minimum atomic E-state index is -1.07. The number of fused-ring (bicyclic) bond motifs is 5. The van der Waals surface area contributed by atoms with Gasteiger partial charge in [-0.05, 0) is 68.0 Å². The number of amides is 1. The van der Waals surface area contributed by atoms with Crippen LogP contribution in [0.1, 0.15) is 71.8 Å². The summed E-state index contributed by atoms with van der Waals surface area (Å²) in [5.41, 5.74) is 2.94. The molecule has 206 valence electrons. The number of aromatic carboxylic acids is 1. The largest absolute Gasteiger partial charge is 0.493 e. The number of hydrogen-bond donors (Lipinski definition) is 4. The van der Waals surface area contributed by atoms with Crippen molar-refractivity contribution in [2.24, 2.45) is 0 Å². The lowest BCUT2D eigenvalue weighted by molar-refractivity contribution is -0.117. The monoisotopic (exact) mass is 551 g/mol. The number of nitrogens with zero attached hydrogens (tertiary/aromatic N) is 1. The van der Waals surface area contributed by atoms with Crippen LogP contribution < -0.4 is 20.1 Å². The van der Waals surface area contributed by atoms with Gasteiger partial charge in [0.25, 0.3) is 0 Å². The standard InChI is InChI=1S/C29H33N3O6S/c1-29-15-26(34)32-28-31-20(17-39-28)6-4-2-3-5-11-37-25-13-21(7-8-22(25)27(35)36)38-24-14-23(29)18(9-10-30-29)12-19(24)16-33/h7-8,12-14,17,30,33H,2-6,9-11,15-16H2,1H3,(H,35,36)(H,31,32,34)/t29-/m1/s1. The van der Waals surface area contributed by atoms with Crippen molar-refractivity contribution in [3.63, 3.8) is 0 Å². The first-order valence-electron chi connectivity index (χ1n) is 13.3. The van der Waals surface area contributed by atoms with Gasteiger partial charge in [0.2, 0.25) is 5.91 Å². The Hall–Kier alpha value is -3.47. The van der Waals surface area contributed by atoms with Crippen molar-refractivity contribution in [1.29, 1.82) is 0 Å². The van der Waals surface area contributed by atoms with Crippen LogP contribution in [0.25, 0.3) is 0 Å². The molecule has 10 heteroatoms. The van der Waals surface area contributed by atoms with Gasteiger partial charge in [0.05, 0.1) is 18.9 Å². The number of rotatable bonds is 2. The quantitative estimate of drug-likeness (QED) is 0.350. The molecule has 9 nitrogen and oxygen atoms in total. The van der Waals surface area contributed by atoms with Gasteiger partial charge in [-0.3, -0.25) is 4.79 Å². The smallest absolute Gasteiger partial charge is 0.339 e. The fraction of sp³-hybridized carbons (Fsp3) is 0.414. The van der Waals surface area contributed by atoms with E-state index in [-0.39, 0.29) is 30.2 Å². The molecule has 0 spiro atoms. The molecule has 0 saturated heterocycles. The predicted octanol–water partition coefficient (Wildman–Crippen LogP) is 5.01. The average molecular weight is 552 g/mol. The van der Waals surface area contributed by atoms with Crippen molar-refractivity contribution in [2.45, 2.75) is 64.0 Å². The molecular weight excluding hydrogens is 518 g/mol. The fourth-order valence-corrected chi connectivity index (χ4v) is 6.00. The van der Waals surface area contributed by atoms with E-state index >= 15 is 0 Å². The van der Waals surface area contributed by atoms with Crippen LogP contribution in [0.2, 0.25) is 0 Å². The first-order chi connectivity index (χ1) is 18.8. The zero-order chi connectivity index (χ0) is 27.4. The van der Waals surface area contributed by atoms with E-state index in [9.17, 15) is 19.8 Å². The molecule has 1 atom stereocenters. The predicted molar refractivity (Wildman–Crippen MR) is 148 cm³/mol. The number of thiazole rings is 1. The van der Waals surface area contributed by atoms with Crippen LogP contribution in [-0.4, -0.2) is 40.2 Å². The molecule has 3 heterocycles. The Kier molecular flexibility index (Phi) is 8.15. The van der Waals surface area contributed by atoms with E-state index in [0.29, 0.717) is 35.3 Å². The van der Waals surface area contributed by atoms with Crippen LogP contribution in [0.15, 0.2) is 35.7 Å². The highest BCUT2D eigenvalue weighted by molar-refractivity contribution is 7.13. The van der Waals surface area contributed by atoms with Crippen LogP contribution in [-0.2, 0) is 29.8 Å². The van der Waals surface area contributed by atoms with Crippen LogP contribution in [0.4, 0.5) is 5.13 Å². The third kappa shape index (κ3) is 6.24. The summed E-state index contributed by atoms with van der Waals surface area (Å²) in [6, 6.07) is 8.43. The van der Waals surface area contributed by atoms with E-state index < -0.39 is 11.5 Å². The number of carbonyl (C=O) groups excluding carboxylic acids is 1. The summed E-state index contributed by atoms with van der Waals surface area (Å²) in [5, 5.41) is 28.8. The molecule has 0 aliphatic carbocycles. The third-order valence-electron chi connectivity index (χ3n) is 7.27. The SMILES string of the molecule is C[C@@]12CC(=O)Nc3nc(cs3)CCCCCCOc3cc(ccc3C(=O)O)Oc3cc1c(cc3CO)CCN2. The molecule has 0 saturated carbocycles. The lowest BCUT2D eigenvalue weighted by atomic mass is 9.80. The summed E-state index contributed by atoms with van der Waals surface area (Å²) < 4.78 is 12.1. The maximum atomic E-state index is 13.1.